The molecule has 4 aliphatic rings. The number of carbonyl (C=O) groups excluding carboxylic acids is 3. The Bertz CT molecular complexity index is 1380. The molecule has 3 heterocycles. The fourth-order valence-electron chi connectivity index (χ4n) is 6.84. The van der Waals surface area contributed by atoms with Gasteiger partial charge in [-0.1, -0.05) is 13.0 Å². The van der Waals surface area contributed by atoms with Crippen LogP contribution in [0.25, 0.3) is 0 Å². The Morgan fingerprint density at radius 3 is 2.48 bits per heavy atom. The molecule has 14 heteroatoms. The summed E-state index contributed by atoms with van der Waals surface area (Å²) in [5.41, 5.74) is -0.0718. The first kappa shape index (κ1) is 36.8. The lowest BCUT2D eigenvalue weighted by molar-refractivity contribution is -0.384. The first-order valence-corrected chi connectivity index (χ1v) is 17.9. The number of carbonyl (C=O) groups is 3. The monoisotopic (exact) mass is 801 g/mol. The minimum atomic E-state index is -1.08. The molecule has 0 radical (unpaired) electrons. The second-order valence-corrected chi connectivity index (χ2v) is 14.9. The van der Waals surface area contributed by atoms with Gasteiger partial charge >= 0.3 is 11.9 Å². The molecule has 1 aromatic carbocycles. The highest BCUT2D eigenvalue weighted by Gasteiger charge is 2.61. The van der Waals surface area contributed by atoms with Crippen molar-refractivity contribution in [2.24, 2.45) is 0 Å². The number of methoxy groups -OCH3 is 1. The van der Waals surface area contributed by atoms with E-state index in [9.17, 15) is 24.5 Å². The van der Waals surface area contributed by atoms with Gasteiger partial charge in [-0.3, -0.25) is 19.7 Å². The first-order chi connectivity index (χ1) is 23.0. The Morgan fingerprint density at radius 2 is 1.81 bits per heavy atom. The van der Waals surface area contributed by atoms with Gasteiger partial charge in [-0.05, 0) is 89.0 Å². The minimum Gasteiger partial charge on any atom is -0.469 e. The van der Waals surface area contributed by atoms with Crippen LogP contribution >= 0.6 is 34.2 Å². The van der Waals surface area contributed by atoms with Crippen molar-refractivity contribution in [3.8, 4) is 0 Å². The molecule has 0 N–H and O–H groups in total. The van der Waals surface area contributed by atoms with E-state index in [1.807, 2.05) is 0 Å². The maximum Gasteiger partial charge on any atom is 0.338 e. The van der Waals surface area contributed by atoms with Crippen LogP contribution in [0.5, 0.6) is 0 Å². The van der Waals surface area contributed by atoms with Crippen LogP contribution in [0.1, 0.15) is 81.0 Å². The molecule has 1 saturated carbocycles. The molecule has 5 rings (SSSR count). The van der Waals surface area contributed by atoms with Gasteiger partial charge in [-0.2, -0.15) is 0 Å². The van der Waals surface area contributed by atoms with Crippen molar-refractivity contribution < 1.29 is 47.7 Å². The van der Waals surface area contributed by atoms with Crippen LogP contribution in [0.2, 0.25) is 0 Å². The van der Waals surface area contributed by atoms with Gasteiger partial charge in [-0.25, -0.2) is 4.79 Å². The van der Waals surface area contributed by atoms with Crippen molar-refractivity contribution in [3.63, 3.8) is 0 Å². The van der Waals surface area contributed by atoms with E-state index >= 15 is 0 Å². The molecule has 4 fully saturated rings. The highest BCUT2D eigenvalue weighted by atomic mass is 127. The van der Waals surface area contributed by atoms with Gasteiger partial charge in [0.05, 0.1) is 36.2 Å². The average molecular weight is 802 g/mol. The fraction of sp³-hybridized carbons (Fsp3) is 0.618. The minimum absolute atomic E-state index is 0.0959. The molecule has 3 saturated heterocycles. The van der Waals surface area contributed by atoms with Gasteiger partial charge in [0.1, 0.15) is 30.5 Å². The van der Waals surface area contributed by atoms with E-state index in [4.69, 9.17) is 40.0 Å². The Hall–Kier alpha value is -2.43. The lowest BCUT2D eigenvalue weighted by Crippen LogP contribution is -2.62. The lowest BCUT2D eigenvalue weighted by atomic mass is 9.87. The third-order valence-electron chi connectivity index (χ3n) is 9.23. The van der Waals surface area contributed by atoms with Gasteiger partial charge in [0.2, 0.25) is 0 Å². The summed E-state index contributed by atoms with van der Waals surface area (Å²) in [6.07, 6.45) is 4.88. The van der Waals surface area contributed by atoms with Crippen LogP contribution in [0.3, 0.4) is 0 Å². The van der Waals surface area contributed by atoms with E-state index in [1.54, 1.807) is 0 Å². The zero-order valence-corrected chi connectivity index (χ0v) is 29.7. The van der Waals surface area contributed by atoms with Crippen molar-refractivity contribution in [2.45, 2.75) is 125 Å². The number of halogens is 2. The molecule has 262 valence electrons. The number of fused-ring (bicyclic) bond motifs is 3. The molecule has 3 aliphatic heterocycles. The van der Waals surface area contributed by atoms with E-state index in [-0.39, 0.29) is 47.3 Å². The Balaban J connectivity index is 1.41. The van der Waals surface area contributed by atoms with Gasteiger partial charge in [-0.15, -0.1) is 11.6 Å². The SMILES string of the molecule is C=C(I)C[C@H](Cl)CCC(=O)/C=C/[C@H](OC(=O)c1ccc([N+](=O)[O-])cc1)[C@@H]1O[C@H]2CC[C@H](CC(=O)OC)O[C@@H]2[C@@H]2OC3(CCCCC3)O[C@@H]21. The first-order valence-electron chi connectivity index (χ1n) is 16.3. The summed E-state index contributed by atoms with van der Waals surface area (Å²) < 4.78 is 38.2. The van der Waals surface area contributed by atoms with E-state index in [1.165, 1.54) is 43.5 Å². The number of hydrogen-bond donors (Lipinski definition) is 0. The highest BCUT2D eigenvalue weighted by Crippen LogP contribution is 2.48. The van der Waals surface area contributed by atoms with Crippen molar-refractivity contribution in [3.05, 3.63) is 62.3 Å². The topological polar surface area (TPSA) is 150 Å². The van der Waals surface area contributed by atoms with Crippen molar-refractivity contribution >= 4 is 57.6 Å². The summed E-state index contributed by atoms with van der Waals surface area (Å²) in [6, 6.07) is 5.08. The maximum absolute atomic E-state index is 13.5. The van der Waals surface area contributed by atoms with E-state index in [0.717, 1.165) is 22.8 Å². The quantitative estimate of drug-likeness (QED) is 0.0553. The highest BCUT2D eigenvalue weighted by molar-refractivity contribution is 14.1. The molecule has 0 unspecified atom stereocenters. The third-order valence-corrected chi connectivity index (χ3v) is 10.0. The van der Waals surface area contributed by atoms with Crippen LogP contribution in [0.15, 0.2) is 46.6 Å². The number of nitro groups is 1. The van der Waals surface area contributed by atoms with E-state index in [2.05, 4.69) is 29.2 Å². The van der Waals surface area contributed by atoms with Gasteiger partial charge in [0.15, 0.2) is 11.6 Å². The zero-order chi connectivity index (χ0) is 34.4. The molecular formula is C34H41ClINO11. The molecule has 0 amide bonds. The predicted molar refractivity (Wildman–Crippen MR) is 182 cm³/mol. The van der Waals surface area contributed by atoms with Crippen LogP contribution in [0.4, 0.5) is 5.69 Å². The number of rotatable bonds is 13. The number of nitro benzene ring substituents is 1. The number of ketones is 1. The molecule has 0 bridgehead atoms. The summed E-state index contributed by atoms with van der Waals surface area (Å²) >= 11 is 8.48. The largest absolute Gasteiger partial charge is 0.469 e. The van der Waals surface area contributed by atoms with Crippen LogP contribution in [-0.4, -0.2) is 83.6 Å². The summed E-state index contributed by atoms with van der Waals surface area (Å²) in [5, 5.41) is 10.9. The second-order valence-electron chi connectivity index (χ2n) is 12.7. The smallest absolute Gasteiger partial charge is 0.338 e. The molecular weight excluding hydrogens is 761 g/mol. The summed E-state index contributed by atoms with van der Waals surface area (Å²) in [5.74, 6) is -2.18. The normalized spacial score (nSPS) is 29.0. The number of allylic oxidation sites excluding steroid dienone is 2. The second kappa shape index (κ2) is 16.5. The Labute approximate surface area is 298 Å². The predicted octanol–water partition coefficient (Wildman–Crippen LogP) is 6.29. The lowest BCUT2D eigenvalue weighted by Gasteiger charge is -2.47. The fourth-order valence-corrected chi connectivity index (χ4v) is 7.92. The van der Waals surface area contributed by atoms with E-state index in [0.29, 0.717) is 38.5 Å². The number of hydrogen-bond acceptors (Lipinski definition) is 11. The van der Waals surface area contributed by atoms with Gasteiger partial charge < -0.3 is 28.4 Å². The molecule has 48 heavy (non-hydrogen) atoms. The molecule has 1 spiro atoms. The Morgan fingerprint density at radius 1 is 1.10 bits per heavy atom. The average Bonchev–Trinajstić information content (AvgIpc) is 3.43. The van der Waals surface area contributed by atoms with Crippen LogP contribution in [0, 0.1) is 10.1 Å². The number of ether oxygens (including phenoxy) is 6. The van der Waals surface area contributed by atoms with Crippen molar-refractivity contribution in [2.75, 3.05) is 7.11 Å². The molecule has 1 aromatic rings. The number of nitrogens with zero attached hydrogens (tertiary/aromatic N) is 1. The summed E-state index contributed by atoms with van der Waals surface area (Å²) in [4.78, 5) is 49.1. The standard InChI is InChI=1S/C34H41ClINO11/c1-20(36)18-22(35)8-11-24(38)12-14-27(46-33(40)21-6-9-23(10-7-21)37(41)42)30-32-31(47-34(48-32)16-4-3-5-17-34)29-26(45-30)15-13-25(44-29)19-28(39)43-2/h6-7,9-10,12,14,22,25-27,29-32H,1,3-5,8,11,13,15-19H2,2H3/b14-12+/t22-,25-,26+,27+,29+,30+,31+,32-/m1/s1. The van der Waals surface area contributed by atoms with Crippen molar-refractivity contribution in [1.29, 1.82) is 0 Å². The number of alkyl halides is 1. The molecule has 1 aliphatic carbocycles. The molecule has 12 nitrogen and oxygen atoms in total. The molecule has 0 aromatic heterocycles. The third kappa shape index (κ3) is 9.21. The zero-order valence-electron chi connectivity index (χ0n) is 26.8. The van der Waals surface area contributed by atoms with E-state index < -0.39 is 53.3 Å². The van der Waals surface area contributed by atoms with Crippen molar-refractivity contribution in [1.82, 2.24) is 0 Å². The maximum atomic E-state index is 13.5. The van der Waals surface area contributed by atoms with Gasteiger partial charge in [0, 0.05) is 36.8 Å². The van der Waals surface area contributed by atoms with Crippen LogP contribution < -0.4 is 0 Å². The number of esters is 2. The number of benzene rings is 1. The number of non-ortho nitro benzene ring substituents is 1. The summed E-state index contributed by atoms with van der Waals surface area (Å²) in [7, 11) is 1.34. The van der Waals surface area contributed by atoms with Crippen LogP contribution in [-0.2, 0) is 38.0 Å². The summed E-state index contributed by atoms with van der Waals surface area (Å²) in [6.45, 7) is 3.86. The Kier molecular flexibility index (Phi) is 12.7. The van der Waals surface area contributed by atoms with Gasteiger partial charge in [0.25, 0.3) is 5.69 Å². The molecule has 8 atom stereocenters.